The first-order chi connectivity index (χ1) is 8.69. The second-order valence-electron chi connectivity index (χ2n) is 5.65. The van der Waals surface area contributed by atoms with Crippen LogP contribution in [0.3, 0.4) is 0 Å². The molecule has 0 aromatic carbocycles. The van der Waals surface area contributed by atoms with Gasteiger partial charge < -0.3 is 9.52 Å². The van der Waals surface area contributed by atoms with Crippen LogP contribution in [0.15, 0.2) is 22.8 Å². The smallest absolute Gasteiger partial charge is 0.117 e. The number of hydrogen-bond acceptors (Lipinski definition) is 3. The molecule has 1 aromatic heterocycles. The number of furan rings is 1. The molecule has 0 saturated heterocycles. The van der Waals surface area contributed by atoms with E-state index in [0.717, 1.165) is 44.2 Å². The van der Waals surface area contributed by atoms with Gasteiger partial charge in [0.15, 0.2) is 0 Å². The van der Waals surface area contributed by atoms with Crippen molar-refractivity contribution >= 4 is 0 Å². The van der Waals surface area contributed by atoms with Gasteiger partial charge in [-0.3, -0.25) is 4.90 Å². The predicted octanol–water partition coefficient (Wildman–Crippen LogP) is 2.90. The summed E-state index contributed by atoms with van der Waals surface area (Å²) >= 11 is 0. The molecule has 3 unspecified atom stereocenters. The molecular weight excluding hydrogens is 226 g/mol. The molecule has 1 heterocycles. The molecule has 1 aliphatic carbocycles. The number of aliphatic hydroxyl groups is 1. The molecule has 0 radical (unpaired) electrons. The van der Waals surface area contributed by atoms with E-state index >= 15 is 0 Å². The van der Waals surface area contributed by atoms with Gasteiger partial charge in [0.25, 0.3) is 0 Å². The molecule has 1 N–H and O–H groups in total. The summed E-state index contributed by atoms with van der Waals surface area (Å²) in [5.74, 6) is 2.18. The van der Waals surface area contributed by atoms with E-state index < -0.39 is 0 Å². The molecule has 0 aliphatic heterocycles. The lowest BCUT2D eigenvalue weighted by Gasteiger charge is -2.35. The molecule has 0 amide bonds. The highest BCUT2D eigenvalue weighted by Gasteiger charge is 2.28. The normalized spacial score (nSPS) is 28.8. The summed E-state index contributed by atoms with van der Waals surface area (Å²) in [5, 5.41) is 10.1. The second kappa shape index (κ2) is 6.39. The minimum atomic E-state index is -0.119. The number of aliphatic hydroxyl groups excluding tert-OH is 1. The average Bonchev–Trinajstić information content (AvgIpc) is 2.85. The molecule has 1 fully saturated rings. The van der Waals surface area contributed by atoms with Crippen molar-refractivity contribution in [2.45, 2.75) is 45.8 Å². The lowest BCUT2D eigenvalue weighted by atomic mass is 9.80. The predicted molar refractivity (Wildman–Crippen MR) is 72.2 cm³/mol. The minimum absolute atomic E-state index is 0.119. The minimum Gasteiger partial charge on any atom is -0.468 e. The molecule has 3 atom stereocenters. The van der Waals surface area contributed by atoms with Gasteiger partial charge in [-0.1, -0.05) is 13.8 Å². The van der Waals surface area contributed by atoms with Gasteiger partial charge in [0, 0.05) is 6.54 Å². The zero-order valence-electron chi connectivity index (χ0n) is 11.5. The lowest BCUT2D eigenvalue weighted by Crippen LogP contribution is -2.38. The summed E-state index contributed by atoms with van der Waals surface area (Å²) in [6.07, 6.45) is 4.88. The SMILES string of the molecule is CCN(Cc1ccco1)CC1CC(C)CCC1O. The molecule has 3 nitrogen and oxygen atoms in total. The van der Waals surface area contributed by atoms with Crippen LogP contribution in [-0.2, 0) is 6.54 Å². The van der Waals surface area contributed by atoms with E-state index in [1.54, 1.807) is 6.26 Å². The van der Waals surface area contributed by atoms with E-state index in [9.17, 15) is 5.11 Å². The summed E-state index contributed by atoms with van der Waals surface area (Å²) in [5.41, 5.74) is 0. The Morgan fingerprint density at radius 2 is 2.28 bits per heavy atom. The molecule has 0 bridgehead atoms. The topological polar surface area (TPSA) is 36.6 Å². The van der Waals surface area contributed by atoms with E-state index in [2.05, 4.69) is 18.7 Å². The van der Waals surface area contributed by atoms with Crippen LogP contribution in [-0.4, -0.2) is 29.2 Å². The second-order valence-corrected chi connectivity index (χ2v) is 5.65. The summed E-state index contributed by atoms with van der Waals surface area (Å²) in [7, 11) is 0. The first-order valence-corrected chi connectivity index (χ1v) is 7.11. The Morgan fingerprint density at radius 1 is 1.44 bits per heavy atom. The molecule has 0 spiro atoms. The van der Waals surface area contributed by atoms with Crippen molar-refractivity contribution in [2.75, 3.05) is 13.1 Å². The molecule has 1 saturated carbocycles. The Kier molecular flexibility index (Phi) is 4.84. The molecule has 1 aliphatic rings. The van der Waals surface area contributed by atoms with Crippen molar-refractivity contribution < 1.29 is 9.52 Å². The van der Waals surface area contributed by atoms with E-state index in [1.165, 1.54) is 6.42 Å². The van der Waals surface area contributed by atoms with Gasteiger partial charge in [-0.2, -0.15) is 0 Å². The third-order valence-corrected chi connectivity index (χ3v) is 4.10. The molecule has 102 valence electrons. The van der Waals surface area contributed by atoms with Crippen LogP contribution in [0.1, 0.15) is 38.9 Å². The average molecular weight is 251 g/mol. The van der Waals surface area contributed by atoms with Gasteiger partial charge in [-0.25, -0.2) is 0 Å². The third kappa shape index (κ3) is 3.59. The van der Waals surface area contributed by atoms with Crippen LogP contribution in [0.4, 0.5) is 0 Å². The largest absolute Gasteiger partial charge is 0.468 e. The summed E-state index contributed by atoms with van der Waals surface area (Å²) in [4.78, 5) is 2.37. The maximum atomic E-state index is 10.1. The standard InChI is InChI=1S/C15H25NO2/c1-3-16(11-14-5-4-8-18-14)10-13-9-12(2)6-7-15(13)17/h4-5,8,12-13,15,17H,3,6-7,9-11H2,1-2H3. The van der Waals surface area contributed by atoms with E-state index in [-0.39, 0.29) is 6.10 Å². The van der Waals surface area contributed by atoms with Crippen molar-refractivity contribution in [1.82, 2.24) is 4.90 Å². The summed E-state index contributed by atoms with van der Waals surface area (Å²) < 4.78 is 5.40. The van der Waals surface area contributed by atoms with Crippen molar-refractivity contribution in [3.05, 3.63) is 24.2 Å². The quantitative estimate of drug-likeness (QED) is 0.874. The third-order valence-electron chi connectivity index (χ3n) is 4.10. The molecule has 3 heteroatoms. The van der Waals surface area contributed by atoms with Crippen LogP contribution >= 0.6 is 0 Å². The van der Waals surface area contributed by atoms with Crippen LogP contribution in [0.2, 0.25) is 0 Å². The number of nitrogens with zero attached hydrogens (tertiary/aromatic N) is 1. The highest BCUT2D eigenvalue weighted by atomic mass is 16.3. The Labute approximate surface area is 110 Å². The van der Waals surface area contributed by atoms with Crippen LogP contribution in [0.25, 0.3) is 0 Å². The molecule has 1 aromatic rings. The van der Waals surface area contributed by atoms with Crippen LogP contribution in [0, 0.1) is 11.8 Å². The lowest BCUT2D eigenvalue weighted by molar-refractivity contribution is 0.0288. The maximum Gasteiger partial charge on any atom is 0.117 e. The number of hydrogen-bond donors (Lipinski definition) is 1. The zero-order valence-corrected chi connectivity index (χ0v) is 11.5. The fourth-order valence-corrected chi connectivity index (χ4v) is 2.94. The molecule has 18 heavy (non-hydrogen) atoms. The van der Waals surface area contributed by atoms with Crippen molar-refractivity contribution in [3.63, 3.8) is 0 Å². The van der Waals surface area contributed by atoms with Gasteiger partial charge >= 0.3 is 0 Å². The summed E-state index contributed by atoms with van der Waals surface area (Å²) in [6.45, 7) is 7.28. The maximum absolute atomic E-state index is 10.1. The zero-order chi connectivity index (χ0) is 13.0. The van der Waals surface area contributed by atoms with Gasteiger partial charge in [0.05, 0.1) is 18.9 Å². The Bertz CT molecular complexity index is 336. The van der Waals surface area contributed by atoms with Gasteiger partial charge in [0.1, 0.15) is 5.76 Å². The fourth-order valence-electron chi connectivity index (χ4n) is 2.94. The fraction of sp³-hybridized carbons (Fsp3) is 0.733. The highest BCUT2D eigenvalue weighted by molar-refractivity contribution is 4.98. The Hall–Kier alpha value is -0.800. The summed E-state index contributed by atoms with van der Waals surface area (Å²) in [6, 6.07) is 3.95. The Balaban J connectivity index is 1.88. The van der Waals surface area contributed by atoms with E-state index in [1.807, 2.05) is 12.1 Å². The Morgan fingerprint density at radius 3 is 2.94 bits per heavy atom. The van der Waals surface area contributed by atoms with E-state index in [4.69, 9.17) is 4.42 Å². The van der Waals surface area contributed by atoms with Crippen molar-refractivity contribution in [3.8, 4) is 0 Å². The van der Waals surface area contributed by atoms with Crippen molar-refractivity contribution in [2.24, 2.45) is 11.8 Å². The van der Waals surface area contributed by atoms with Gasteiger partial charge in [0.2, 0.25) is 0 Å². The molecule has 2 rings (SSSR count). The number of rotatable bonds is 5. The van der Waals surface area contributed by atoms with Gasteiger partial charge in [-0.05, 0) is 49.8 Å². The van der Waals surface area contributed by atoms with Crippen LogP contribution in [0.5, 0.6) is 0 Å². The highest BCUT2D eigenvalue weighted by Crippen LogP contribution is 2.29. The van der Waals surface area contributed by atoms with Crippen molar-refractivity contribution in [1.29, 1.82) is 0 Å². The van der Waals surface area contributed by atoms with Gasteiger partial charge in [-0.15, -0.1) is 0 Å². The monoisotopic (exact) mass is 251 g/mol. The van der Waals surface area contributed by atoms with E-state index in [0.29, 0.717) is 5.92 Å². The van der Waals surface area contributed by atoms with Crippen LogP contribution < -0.4 is 0 Å². The molecular formula is C15H25NO2. The first-order valence-electron chi connectivity index (χ1n) is 7.11. The first kappa shape index (κ1) is 13.6.